The fraction of sp³-hybridized carbons (Fsp3) is 0. The van der Waals surface area contributed by atoms with Crippen LogP contribution < -0.4 is 0 Å². The zero-order valence-corrected chi connectivity index (χ0v) is 8.24. The highest BCUT2D eigenvalue weighted by Crippen LogP contribution is 2.12. The number of nitrogens with zero attached hydrogens (tertiary/aromatic N) is 2. The minimum Gasteiger partial charge on any atom is -0.255 e. The Balaban J connectivity index is 2.39. The van der Waals surface area contributed by atoms with Crippen molar-refractivity contribution in [2.45, 2.75) is 0 Å². The van der Waals surface area contributed by atoms with Crippen LogP contribution in [0.2, 0.25) is 0 Å². The highest BCUT2D eigenvalue weighted by molar-refractivity contribution is 7.79. The van der Waals surface area contributed by atoms with Crippen molar-refractivity contribution in [3.63, 3.8) is 0 Å². The van der Waals surface area contributed by atoms with Crippen LogP contribution in [0.4, 0.5) is 0 Å². The highest BCUT2D eigenvalue weighted by atomic mass is 32.1. The predicted molar refractivity (Wildman–Crippen MR) is 60.2 cm³/mol. The van der Waals surface area contributed by atoms with E-state index in [1.807, 2.05) is 30.3 Å². The second-order valence-corrected chi connectivity index (χ2v) is 3.05. The minimum atomic E-state index is 0.867. The van der Waals surface area contributed by atoms with Gasteiger partial charge < -0.3 is 0 Å². The molecule has 0 aliphatic heterocycles. The summed E-state index contributed by atoms with van der Waals surface area (Å²) in [6.07, 6.45) is 3.50. The molecule has 0 radical (unpaired) electrons. The second-order valence-electron chi connectivity index (χ2n) is 2.81. The van der Waals surface area contributed by atoms with Gasteiger partial charge in [0, 0.05) is 23.3 Å². The van der Waals surface area contributed by atoms with E-state index in [0.717, 1.165) is 17.0 Å². The predicted octanol–water partition coefficient (Wildman–Crippen LogP) is 2.49. The first-order valence-electron chi connectivity index (χ1n) is 4.23. The number of hydrogen-bond acceptors (Lipinski definition) is 3. The minimum absolute atomic E-state index is 0.867. The molecule has 0 N–H and O–H groups in total. The summed E-state index contributed by atoms with van der Waals surface area (Å²) >= 11 is 4.80. The Morgan fingerprint density at radius 3 is 2.43 bits per heavy atom. The average molecular weight is 200 g/mol. The summed E-state index contributed by atoms with van der Waals surface area (Å²) in [4.78, 5) is 8.47. The quantitative estimate of drug-likeness (QED) is 0.696. The van der Waals surface area contributed by atoms with Crippen LogP contribution in [0.3, 0.4) is 0 Å². The molecule has 2 aromatic rings. The summed E-state index contributed by atoms with van der Waals surface area (Å²) in [5.41, 5.74) is 2.69. The third-order valence-corrected chi connectivity index (χ3v) is 2.12. The summed E-state index contributed by atoms with van der Waals surface area (Å²) in [7, 11) is 0. The van der Waals surface area contributed by atoms with Gasteiger partial charge in [-0.25, -0.2) is 0 Å². The van der Waals surface area contributed by atoms with Crippen LogP contribution in [0.15, 0.2) is 42.7 Å². The van der Waals surface area contributed by atoms with Gasteiger partial charge in [-0.15, -0.1) is 0 Å². The summed E-state index contributed by atoms with van der Waals surface area (Å²) in [6.45, 7) is 0. The van der Waals surface area contributed by atoms with E-state index in [2.05, 4.69) is 9.97 Å². The smallest absolute Gasteiger partial charge is 0.0886 e. The Morgan fingerprint density at radius 2 is 1.86 bits per heavy atom. The van der Waals surface area contributed by atoms with E-state index in [1.165, 1.54) is 0 Å². The van der Waals surface area contributed by atoms with Gasteiger partial charge in [0.25, 0.3) is 0 Å². The van der Waals surface area contributed by atoms with Gasteiger partial charge in [0.15, 0.2) is 0 Å². The van der Waals surface area contributed by atoms with Gasteiger partial charge in [-0.2, -0.15) is 0 Å². The van der Waals surface area contributed by atoms with E-state index in [4.69, 9.17) is 12.2 Å². The van der Waals surface area contributed by atoms with Crippen molar-refractivity contribution in [1.29, 1.82) is 0 Å². The van der Waals surface area contributed by atoms with Crippen LogP contribution in [-0.2, 0) is 0 Å². The van der Waals surface area contributed by atoms with Gasteiger partial charge >= 0.3 is 0 Å². The number of thiocarbonyl (C=S) groups is 1. The highest BCUT2D eigenvalue weighted by Gasteiger charge is 1.98. The van der Waals surface area contributed by atoms with Crippen molar-refractivity contribution in [1.82, 2.24) is 9.97 Å². The lowest BCUT2D eigenvalue weighted by Gasteiger charge is -1.98. The molecule has 0 atom stereocenters. The number of rotatable bonds is 2. The van der Waals surface area contributed by atoms with Gasteiger partial charge in [0.1, 0.15) is 0 Å². The van der Waals surface area contributed by atoms with E-state index in [-0.39, 0.29) is 0 Å². The fourth-order valence-electron chi connectivity index (χ4n) is 1.14. The first-order chi connectivity index (χ1) is 6.90. The standard InChI is InChI=1S/C11H8N2S/c14-8-9-4-5-11(13-7-9)10-3-1-2-6-12-10/h1-8H. The summed E-state index contributed by atoms with van der Waals surface area (Å²) < 4.78 is 0. The molecule has 2 nitrogen and oxygen atoms in total. The van der Waals surface area contributed by atoms with E-state index >= 15 is 0 Å². The Kier molecular flexibility index (Phi) is 2.60. The molecule has 0 amide bonds. The second kappa shape index (κ2) is 4.07. The van der Waals surface area contributed by atoms with Crippen molar-refractivity contribution in [3.05, 3.63) is 48.3 Å². The van der Waals surface area contributed by atoms with Crippen molar-refractivity contribution in [3.8, 4) is 11.4 Å². The van der Waals surface area contributed by atoms with Crippen LogP contribution in [0.1, 0.15) is 5.56 Å². The van der Waals surface area contributed by atoms with Gasteiger partial charge in [-0.05, 0) is 18.2 Å². The Labute approximate surface area is 87.7 Å². The molecule has 0 aliphatic rings. The first kappa shape index (κ1) is 8.97. The van der Waals surface area contributed by atoms with Crippen molar-refractivity contribution in [2.75, 3.05) is 0 Å². The normalized spacial score (nSPS) is 9.71. The van der Waals surface area contributed by atoms with Crippen LogP contribution in [-0.4, -0.2) is 15.3 Å². The Morgan fingerprint density at radius 1 is 1.00 bits per heavy atom. The molecule has 0 unspecified atom stereocenters. The molecule has 2 rings (SSSR count). The summed E-state index contributed by atoms with van der Waals surface area (Å²) in [5, 5.41) is 1.61. The molecule has 2 heterocycles. The number of aromatic nitrogens is 2. The van der Waals surface area contributed by atoms with Gasteiger partial charge in [-0.1, -0.05) is 24.4 Å². The monoisotopic (exact) mass is 200 g/mol. The van der Waals surface area contributed by atoms with Gasteiger partial charge in [0.2, 0.25) is 0 Å². The SMILES string of the molecule is S=Cc1ccc(-c2ccccn2)nc1. The Hall–Kier alpha value is -1.61. The fourth-order valence-corrected chi connectivity index (χ4v) is 1.28. The van der Waals surface area contributed by atoms with Gasteiger partial charge in [0.05, 0.1) is 11.4 Å². The van der Waals surface area contributed by atoms with E-state index in [9.17, 15) is 0 Å². The lowest BCUT2D eigenvalue weighted by atomic mass is 10.2. The van der Waals surface area contributed by atoms with E-state index in [1.54, 1.807) is 17.8 Å². The van der Waals surface area contributed by atoms with Crippen LogP contribution >= 0.6 is 12.2 Å². The maximum atomic E-state index is 4.80. The molecular weight excluding hydrogens is 192 g/mol. The molecule has 0 saturated carbocycles. The Bertz CT molecular complexity index is 423. The molecular formula is C11H8N2S. The lowest BCUT2D eigenvalue weighted by Crippen LogP contribution is -1.87. The average Bonchev–Trinajstić information content (AvgIpc) is 2.30. The molecule has 14 heavy (non-hydrogen) atoms. The third-order valence-electron chi connectivity index (χ3n) is 1.85. The number of pyridine rings is 2. The van der Waals surface area contributed by atoms with Gasteiger partial charge in [-0.3, -0.25) is 9.97 Å². The van der Waals surface area contributed by atoms with Crippen molar-refractivity contribution in [2.24, 2.45) is 0 Å². The summed E-state index contributed by atoms with van der Waals surface area (Å²) in [5.74, 6) is 0. The zero-order valence-electron chi connectivity index (χ0n) is 7.42. The molecule has 3 heteroatoms. The van der Waals surface area contributed by atoms with Crippen molar-refractivity contribution >= 4 is 17.6 Å². The molecule has 2 aromatic heterocycles. The first-order valence-corrected chi connectivity index (χ1v) is 4.70. The van der Waals surface area contributed by atoms with E-state index < -0.39 is 0 Å². The van der Waals surface area contributed by atoms with E-state index in [0.29, 0.717) is 0 Å². The van der Waals surface area contributed by atoms with Crippen LogP contribution in [0.5, 0.6) is 0 Å². The molecule has 0 bridgehead atoms. The number of hydrogen-bond donors (Lipinski definition) is 0. The van der Waals surface area contributed by atoms with Crippen molar-refractivity contribution < 1.29 is 0 Å². The molecule has 0 fully saturated rings. The zero-order chi connectivity index (χ0) is 9.80. The summed E-state index contributed by atoms with van der Waals surface area (Å²) in [6, 6.07) is 9.61. The molecule has 0 saturated heterocycles. The molecule has 0 aromatic carbocycles. The third kappa shape index (κ3) is 1.83. The van der Waals surface area contributed by atoms with Crippen LogP contribution in [0.25, 0.3) is 11.4 Å². The van der Waals surface area contributed by atoms with Crippen LogP contribution in [0, 0.1) is 0 Å². The maximum absolute atomic E-state index is 4.80. The molecule has 68 valence electrons. The largest absolute Gasteiger partial charge is 0.255 e. The molecule has 0 spiro atoms. The maximum Gasteiger partial charge on any atom is 0.0886 e. The topological polar surface area (TPSA) is 25.8 Å². The lowest BCUT2D eigenvalue weighted by molar-refractivity contribution is 1.24. The molecule has 0 aliphatic carbocycles.